The van der Waals surface area contributed by atoms with Crippen LogP contribution in [-0.4, -0.2) is 36.6 Å². The molecule has 0 bridgehead atoms. The zero-order valence-electron chi connectivity index (χ0n) is 12.7. The van der Waals surface area contributed by atoms with Crippen molar-refractivity contribution >= 4 is 5.91 Å². The summed E-state index contributed by atoms with van der Waals surface area (Å²) >= 11 is 0. The Bertz CT molecular complexity index is 479. The molecule has 0 saturated carbocycles. The van der Waals surface area contributed by atoms with Gasteiger partial charge in [0.15, 0.2) is 0 Å². The summed E-state index contributed by atoms with van der Waals surface area (Å²) in [4.78, 5) is 14.6. The topological polar surface area (TPSA) is 80.5 Å². The van der Waals surface area contributed by atoms with Crippen LogP contribution in [0, 0.1) is 0 Å². The SMILES string of the molecule is O=C(NCC1NNNN1)c1ccc(CN2CCCCC2)cc1. The molecule has 0 atom stereocenters. The summed E-state index contributed by atoms with van der Waals surface area (Å²) in [6.07, 6.45) is 3.93. The Kier molecular flexibility index (Phi) is 5.36. The number of hydrazine groups is 3. The molecule has 7 nitrogen and oxygen atoms in total. The van der Waals surface area contributed by atoms with Crippen molar-refractivity contribution in [2.24, 2.45) is 0 Å². The van der Waals surface area contributed by atoms with Crippen LogP contribution in [0.4, 0.5) is 0 Å². The van der Waals surface area contributed by atoms with Gasteiger partial charge in [-0.2, -0.15) is 11.1 Å². The Morgan fingerprint density at radius 1 is 1.09 bits per heavy atom. The Morgan fingerprint density at radius 3 is 2.45 bits per heavy atom. The van der Waals surface area contributed by atoms with E-state index < -0.39 is 0 Å². The van der Waals surface area contributed by atoms with Gasteiger partial charge in [0.1, 0.15) is 6.17 Å². The summed E-state index contributed by atoms with van der Waals surface area (Å²) in [5.74, 6) is -0.0555. The average molecular weight is 304 g/mol. The molecule has 7 heteroatoms. The molecular formula is C15H24N6O. The van der Waals surface area contributed by atoms with E-state index in [9.17, 15) is 4.79 Å². The number of benzene rings is 1. The van der Waals surface area contributed by atoms with Gasteiger partial charge in [-0.25, -0.2) is 10.9 Å². The minimum absolute atomic E-state index is 0.0256. The van der Waals surface area contributed by atoms with Crippen LogP contribution in [0.2, 0.25) is 0 Å². The molecule has 3 rings (SSSR count). The molecule has 2 aliphatic heterocycles. The quantitative estimate of drug-likeness (QED) is 0.520. The second kappa shape index (κ2) is 7.66. The van der Waals surface area contributed by atoms with Crippen LogP contribution in [0.5, 0.6) is 0 Å². The van der Waals surface area contributed by atoms with Gasteiger partial charge >= 0.3 is 0 Å². The van der Waals surface area contributed by atoms with E-state index in [1.807, 2.05) is 12.1 Å². The van der Waals surface area contributed by atoms with E-state index in [-0.39, 0.29) is 12.1 Å². The lowest BCUT2D eigenvalue weighted by atomic mass is 10.1. The van der Waals surface area contributed by atoms with E-state index in [1.54, 1.807) is 0 Å². The van der Waals surface area contributed by atoms with E-state index in [1.165, 1.54) is 37.9 Å². The lowest BCUT2D eigenvalue weighted by molar-refractivity contribution is 0.0949. The summed E-state index contributed by atoms with van der Waals surface area (Å²) in [7, 11) is 0. The molecule has 22 heavy (non-hydrogen) atoms. The van der Waals surface area contributed by atoms with Gasteiger partial charge in [0, 0.05) is 18.7 Å². The number of amides is 1. The van der Waals surface area contributed by atoms with Crippen molar-refractivity contribution in [3.63, 3.8) is 0 Å². The molecule has 1 aromatic carbocycles. The molecule has 0 radical (unpaired) electrons. The molecule has 2 fully saturated rings. The lowest BCUT2D eigenvalue weighted by Crippen LogP contribution is -2.44. The van der Waals surface area contributed by atoms with Crippen LogP contribution in [0.15, 0.2) is 24.3 Å². The van der Waals surface area contributed by atoms with Gasteiger partial charge in [-0.3, -0.25) is 9.69 Å². The maximum atomic E-state index is 12.1. The molecule has 1 aromatic rings. The third kappa shape index (κ3) is 4.25. The number of carbonyl (C=O) groups excluding carboxylic acids is 1. The van der Waals surface area contributed by atoms with Crippen molar-refractivity contribution in [3.8, 4) is 0 Å². The van der Waals surface area contributed by atoms with Crippen LogP contribution in [-0.2, 0) is 6.54 Å². The maximum Gasteiger partial charge on any atom is 0.251 e. The van der Waals surface area contributed by atoms with Crippen LogP contribution in [0.25, 0.3) is 0 Å². The summed E-state index contributed by atoms with van der Waals surface area (Å²) in [6.45, 7) is 3.85. The van der Waals surface area contributed by atoms with Crippen molar-refractivity contribution in [1.29, 1.82) is 0 Å². The molecule has 1 amide bonds. The molecule has 2 saturated heterocycles. The first-order valence-electron chi connectivity index (χ1n) is 7.92. The normalized spacial score (nSPS) is 20.2. The largest absolute Gasteiger partial charge is 0.349 e. The van der Waals surface area contributed by atoms with Gasteiger partial charge in [0.05, 0.1) is 0 Å². The van der Waals surface area contributed by atoms with Gasteiger partial charge < -0.3 is 5.32 Å². The second-order valence-electron chi connectivity index (χ2n) is 5.84. The molecule has 120 valence electrons. The zero-order valence-corrected chi connectivity index (χ0v) is 12.7. The molecule has 2 aliphatic rings. The first-order valence-corrected chi connectivity index (χ1v) is 7.92. The number of hydrogen-bond acceptors (Lipinski definition) is 6. The van der Waals surface area contributed by atoms with Crippen molar-refractivity contribution in [3.05, 3.63) is 35.4 Å². The van der Waals surface area contributed by atoms with E-state index >= 15 is 0 Å². The Morgan fingerprint density at radius 2 is 1.77 bits per heavy atom. The monoisotopic (exact) mass is 304 g/mol. The fourth-order valence-electron chi connectivity index (χ4n) is 2.82. The van der Waals surface area contributed by atoms with Gasteiger partial charge in [-0.15, -0.1) is 0 Å². The van der Waals surface area contributed by atoms with E-state index in [2.05, 4.69) is 44.3 Å². The number of nitrogens with one attached hydrogen (secondary N) is 5. The summed E-state index contributed by atoms with van der Waals surface area (Å²) in [6, 6.07) is 7.92. The van der Waals surface area contributed by atoms with Crippen molar-refractivity contribution in [1.82, 2.24) is 32.1 Å². The highest BCUT2D eigenvalue weighted by Gasteiger charge is 2.14. The number of piperidine rings is 1. The fourth-order valence-corrected chi connectivity index (χ4v) is 2.82. The van der Waals surface area contributed by atoms with Gasteiger partial charge in [-0.05, 0) is 43.6 Å². The standard InChI is InChI=1S/C15H24N6O/c22-15(16-10-14-17-19-20-18-14)13-6-4-12(5-7-13)11-21-8-2-1-3-9-21/h4-7,14,17-20H,1-3,8-11H2,(H,16,22). The summed E-state index contributed by atoms with van der Waals surface area (Å²) in [5.41, 5.74) is 13.2. The first-order chi connectivity index (χ1) is 10.8. The summed E-state index contributed by atoms with van der Waals surface area (Å²) < 4.78 is 0. The fraction of sp³-hybridized carbons (Fsp3) is 0.533. The molecule has 5 N–H and O–H groups in total. The summed E-state index contributed by atoms with van der Waals surface area (Å²) in [5, 5.41) is 2.89. The average Bonchev–Trinajstić information content (AvgIpc) is 3.08. The van der Waals surface area contributed by atoms with Crippen molar-refractivity contribution < 1.29 is 4.79 Å². The third-order valence-corrected chi connectivity index (χ3v) is 4.09. The number of nitrogens with zero attached hydrogens (tertiary/aromatic N) is 1. The second-order valence-corrected chi connectivity index (χ2v) is 5.84. The lowest BCUT2D eigenvalue weighted by Gasteiger charge is -2.26. The van der Waals surface area contributed by atoms with Crippen LogP contribution in [0.3, 0.4) is 0 Å². The molecular weight excluding hydrogens is 280 g/mol. The molecule has 2 heterocycles. The predicted octanol–water partition coefficient (Wildman–Crippen LogP) is -0.155. The Hall–Kier alpha value is -1.51. The zero-order chi connectivity index (χ0) is 15.2. The Balaban J connectivity index is 1.48. The minimum Gasteiger partial charge on any atom is -0.349 e. The highest BCUT2D eigenvalue weighted by atomic mass is 16.1. The molecule has 0 aliphatic carbocycles. The number of rotatable bonds is 5. The van der Waals surface area contributed by atoms with Crippen LogP contribution < -0.4 is 27.2 Å². The van der Waals surface area contributed by atoms with Gasteiger partial charge in [0.25, 0.3) is 5.91 Å². The molecule has 0 aromatic heterocycles. The van der Waals surface area contributed by atoms with Gasteiger partial charge in [-0.1, -0.05) is 18.6 Å². The maximum absolute atomic E-state index is 12.1. The van der Waals surface area contributed by atoms with Crippen molar-refractivity contribution in [2.75, 3.05) is 19.6 Å². The minimum atomic E-state index is -0.0555. The molecule has 0 unspecified atom stereocenters. The third-order valence-electron chi connectivity index (χ3n) is 4.09. The van der Waals surface area contributed by atoms with Crippen molar-refractivity contribution in [2.45, 2.75) is 32.0 Å². The predicted molar refractivity (Wildman–Crippen MR) is 84.2 cm³/mol. The Labute approximate surface area is 130 Å². The number of likely N-dealkylation sites (tertiary alicyclic amines) is 1. The van der Waals surface area contributed by atoms with Crippen LogP contribution in [0.1, 0.15) is 35.2 Å². The van der Waals surface area contributed by atoms with E-state index in [0.717, 1.165) is 6.54 Å². The highest BCUT2D eigenvalue weighted by molar-refractivity contribution is 5.94. The van der Waals surface area contributed by atoms with E-state index in [4.69, 9.17) is 0 Å². The highest BCUT2D eigenvalue weighted by Crippen LogP contribution is 2.13. The van der Waals surface area contributed by atoms with E-state index in [0.29, 0.717) is 12.1 Å². The number of carbonyl (C=O) groups is 1. The number of hydrogen-bond donors (Lipinski definition) is 5. The van der Waals surface area contributed by atoms with Gasteiger partial charge in [0.2, 0.25) is 0 Å². The van der Waals surface area contributed by atoms with Crippen LogP contribution >= 0.6 is 0 Å². The molecule has 0 spiro atoms. The smallest absolute Gasteiger partial charge is 0.251 e. The first kappa shape index (κ1) is 15.4.